The maximum atomic E-state index is 11.9. The second-order valence-electron chi connectivity index (χ2n) is 3.39. The molecule has 1 aromatic rings. The van der Waals surface area contributed by atoms with E-state index in [1.54, 1.807) is 18.2 Å². The summed E-state index contributed by atoms with van der Waals surface area (Å²) in [5, 5.41) is 2.72. The number of benzene rings is 1. The second kappa shape index (κ2) is 5.54. The van der Waals surface area contributed by atoms with E-state index in [1.807, 2.05) is 0 Å². The highest BCUT2D eigenvalue weighted by Gasteiger charge is 2.25. The maximum Gasteiger partial charge on any atom is 0.390 e. The molecule has 0 saturated heterocycles. The van der Waals surface area contributed by atoms with Crippen LogP contribution in [0.2, 0.25) is 0 Å². The van der Waals surface area contributed by atoms with E-state index in [1.165, 1.54) is 0 Å². The Labute approximate surface area is 100 Å². The highest BCUT2D eigenvalue weighted by Crippen LogP contribution is 2.20. The summed E-state index contributed by atoms with van der Waals surface area (Å²) in [5.41, 5.74) is 7.01. The molecule has 0 heterocycles. The predicted octanol–water partition coefficient (Wildman–Crippen LogP) is 3.07. The van der Waals surface area contributed by atoms with Gasteiger partial charge >= 0.3 is 6.18 Å². The molecule has 0 fully saturated rings. The van der Waals surface area contributed by atoms with E-state index in [-0.39, 0.29) is 6.54 Å². The van der Waals surface area contributed by atoms with Crippen molar-refractivity contribution in [3.8, 4) is 0 Å². The van der Waals surface area contributed by atoms with Crippen molar-refractivity contribution in [1.29, 1.82) is 0 Å². The molecule has 0 aromatic heterocycles. The van der Waals surface area contributed by atoms with Crippen molar-refractivity contribution < 1.29 is 13.2 Å². The van der Waals surface area contributed by atoms with Crippen molar-refractivity contribution in [2.75, 3.05) is 12.3 Å². The fraction of sp³-hybridized carbons (Fsp3) is 0.400. The number of nitrogen functional groups attached to an aromatic ring is 1. The smallest absolute Gasteiger partial charge is 0.390 e. The van der Waals surface area contributed by atoms with Gasteiger partial charge in [-0.05, 0) is 23.8 Å². The highest BCUT2D eigenvalue weighted by atomic mass is 79.9. The molecule has 0 spiro atoms. The predicted molar refractivity (Wildman–Crippen MR) is 60.9 cm³/mol. The third-order valence-corrected chi connectivity index (χ3v) is 2.74. The number of alkyl halides is 3. The average molecular weight is 297 g/mol. The summed E-state index contributed by atoms with van der Waals surface area (Å²) in [7, 11) is 0. The van der Waals surface area contributed by atoms with Gasteiger partial charge in [-0.15, -0.1) is 0 Å². The van der Waals surface area contributed by atoms with Crippen LogP contribution >= 0.6 is 15.9 Å². The zero-order chi connectivity index (χ0) is 12.2. The first-order valence-corrected chi connectivity index (χ1v) is 5.49. The molecule has 0 aliphatic heterocycles. The van der Waals surface area contributed by atoms with E-state index in [9.17, 15) is 13.2 Å². The summed E-state index contributed by atoms with van der Waals surface area (Å²) in [6.45, 7) is 0.270. The molecule has 0 unspecified atom stereocenters. The molecular formula is C10H12BrF3N2. The Morgan fingerprint density at radius 3 is 2.62 bits per heavy atom. The average Bonchev–Trinajstić information content (AvgIpc) is 2.16. The molecule has 0 radical (unpaired) electrons. The first-order chi connectivity index (χ1) is 7.38. The van der Waals surface area contributed by atoms with Crippen LogP contribution in [0, 0.1) is 0 Å². The van der Waals surface area contributed by atoms with Crippen molar-refractivity contribution in [2.24, 2.45) is 0 Å². The summed E-state index contributed by atoms with van der Waals surface area (Å²) in [6, 6.07) is 5.23. The molecule has 0 saturated carbocycles. The molecule has 0 aliphatic carbocycles. The Kier molecular flexibility index (Phi) is 4.61. The van der Waals surface area contributed by atoms with E-state index in [0.717, 1.165) is 10.0 Å². The van der Waals surface area contributed by atoms with Crippen LogP contribution in [0.25, 0.3) is 0 Å². The van der Waals surface area contributed by atoms with E-state index < -0.39 is 12.6 Å². The number of hydrogen-bond donors (Lipinski definition) is 2. The minimum Gasteiger partial charge on any atom is -0.399 e. The third-order valence-electron chi connectivity index (χ3n) is 1.97. The molecule has 3 N–H and O–H groups in total. The third kappa shape index (κ3) is 4.85. The summed E-state index contributed by atoms with van der Waals surface area (Å²) >= 11 is 3.30. The van der Waals surface area contributed by atoms with Crippen molar-refractivity contribution in [3.63, 3.8) is 0 Å². The van der Waals surface area contributed by atoms with E-state index in [2.05, 4.69) is 21.2 Å². The number of nitrogens with two attached hydrogens (primary N) is 1. The van der Waals surface area contributed by atoms with Crippen molar-refractivity contribution in [1.82, 2.24) is 5.32 Å². The van der Waals surface area contributed by atoms with Gasteiger partial charge in [-0.2, -0.15) is 13.2 Å². The number of nitrogens with one attached hydrogen (secondary N) is 1. The zero-order valence-corrected chi connectivity index (χ0v) is 10.0. The minimum absolute atomic E-state index is 0.0925. The summed E-state index contributed by atoms with van der Waals surface area (Å²) in [6.07, 6.45) is -4.94. The van der Waals surface area contributed by atoms with Gasteiger partial charge in [0.15, 0.2) is 0 Å². The monoisotopic (exact) mass is 296 g/mol. The van der Waals surface area contributed by atoms with Gasteiger partial charge in [0.1, 0.15) is 0 Å². The van der Waals surface area contributed by atoms with Gasteiger partial charge < -0.3 is 11.1 Å². The standard InChI is InChI=1S/C10H12BrF3N2/c11-9-2-1-8(15)5-7(9)6-16-4-3-10(12,13)14/h1-2,5,16H,3-4,6,15H2. The fourth-order valence-electron chi connectivity index (χ4n) is 1.18. The SMILES string of the molecule is Nc1ccc(Br)c(CNCCC(F)(F)F)c1. The van der Waals surface area contributed by atoms with Gasteiger partial charge in [0, 0.05) is 23.2 Å². The topological polar surface area (TPSA) is 38.0 Å². The lowest BCUT2D eigenvalue weighted by atomic mass is 10.2. The molecule has 0 aliphatic rings. The molecular weight excluding hydrogens is 285 g/mol. The molecule has 0 bridgehead atoms. The Morgan fingerprint density at radius 1 is 1.31 bits per heavy atom. The molecule has 0 amide bonds. The molecule has 2 nitrogen and oxygen atoms in total. The first kappa shape index (κ1) is 13.3. The van der Waals surface area contributed by atoms with Gasteiger partial charge in [0.2, 0.25) is 0 Å². The van der Waals surface area contributed by atoms with Crippen LogP contribution in [-0.2, 0) is 6.54 Å². The van der Waals surface area contributed by atoms with Crippen LogP contribution in [0.1, 0.15) is 12.0 Å². The van der Waals surface area contributed by atoms with Crippen LogP contribution < -0.4 is 11.1 Å². The lowest BCUT2D eigenvalue weighted by Crippen LogP contribution is -2.21. The van der Waals surface area contributed by atoms with Gasteiger partial charge in [-0.3, -0.25) is 0 Å². The highest BCUT2D eigenvalue weighted by molar-refractivity contribution is 9.10. The zero-order valence-electron chi connectivity index (χ0n) is 8.44. The van der Waals surface area contributed by atoms with Crippen molar-refractivity contribution in [2.45, 2.75) is 19.1 Å². The van der Waals surface area contributed by atoms with Gasteiger partial charge in [0.25, 0.3) is 0 Å². The largest absolute Gasteiger partial charge is 0.399 e. The van der Waals surface area contributed by atoms with Crippen molar-refractivity contribution >= 4 is 21.6 Å². The summed E-state index contributed by atoms with van der Waals surface area (Å²) in [5.74, 6) is 0. The Morgan fingerprint density at radius 2 is 2.00 bits per heavy atom. The van der Waals surface area contributed by atoms with E-state index in [0.29, 0.717) is 12.2 Å². The normalized spacial score (nSPS) is 11.8. The van der Waals surface area contributed by atoms with Crippen LogP contribution in [-0.4, -0.2) is 12.7 Å². The van der Waals surface area contributed by atoms with Crippen LogP contribution in [0.3, 0.4) is 0 Å². The molecule has 1 rings (SSSR count). The second-order valence-corrected chi connectivity index (χ2v) is 4.25. The molecule has 0 atom stereocenters. The molecule has 1 aromatic carbocycles. The summed E-state index contributed by atoms with van der Waals surface area (Å²) < 4.78 is 36.4. The molecule has 6 heteroatoms. The maximum absolute atomic E-state index is 11.9. The van der Waals surface area contributed by atoms with Crippen LogP contribution in [0.4, 0.5) is 18.9 Å². The van der Waals surface area contributed by atoms with Gasteiger partial charge in [0.05, 0.1) is 6.42 Å². The van der Waals surface area contributed by atoms with E-state index >= 15 is 0 Å². The first-order valence-electron chi connectivity index (χ1n) is 4.70. The van der Waals surface area contributed by atoms with Crippen molar-refractivity contribution in [3.05, 3.63) is 28.2 Å². The number of halogens is 4. The number of anilines is 1. The Bertz CT molecular complexity index is 352. The number of rotatable bonds is 4. The van der Waals surface area contributed by atoms with Crippen LogP contribution in [0.15, 0.2) is 22.7 Å². The van der Waals surface area contributed by atoms with Crippen LogP contribution in [0.5, 0.6) is 0 Å². The quantitative estimate of drug-likeness (QED) is 0.662. The molecule has 90 valence electrons. The lowest BCUT2D eigenvalue weighted by Gasteiger charge is -2.09. The lowest BCUT2D eigenvalue weighted by molar-refractivity contribution is -0.133. The molecule has 16 heavy (non-hydrogen) atoms. The van der Waals surface area contributed by atoms with Gasteiger partial charge in [-0.25, -0.2) is 0 Å². The fourth-order valence-corrected chi connectivity index (χ4v) is 1.57. The summed E-state index contributed by atoms with van der Waals surface area (Å²) in [4.78, 5) is 0. The van der Waals surface area contributed by atoms with E-state index in [4.69, 9.17) is 5.73 Å². The number of hydrogen-bond acceptors (Lipinski definition) is 2. The Balaban J connectivity index is 2.40. The Hall–Kier alpha value is -0.750. The van der Waals surface area contributed by atoms with Gasteiger partial charge in [-0.1, -0.05) is 15.9 Å². The minimum atomic E-state index is -4.11.